The van der Waals surface area contributed by atoms with Gasteiger partial charge in [0.05, 0.1) is 24.3 Å². The summed E-state index contributed by atoms with van der Waals surface area (Å²) in [6.07, 6.45) is 6.26. The maximum atomic E-state index is 14.0. The van der Waals surface area contributed by atoms with Gasteiger partial charge in [-0.1, -0.05) is 35.8 Å². The molecule has 0 spiro atoms. The highest BCUT2D eigenvalue weighted by molar-refractivity contribution is 6.41. The lowest BCUT2D eigenvalue weighted by atomic mass is 10.0. The predicted molar refractivity (Wildman–Crippen MR) is 145 cm³/mol. The highest BCUT2D eigenvalue weighted by Crippen LogP contribution is 2.47. The molecule has 5 rings (SSSR count). The first kappa shape index (κ1) is 25.4. The number of allylic oxidation sites excluding steroid dienone is 1. The fraction of sp³-hybridized carbons (Fsp3) is 0.111. The van der Waals surface area contributed by atoms with Gasteiger partial charge in [-0.25, -0.2) is 14.4 Å². The van der Waals surface area contributed by atoms with Crippen molar-refractivity contribution in [2.45, 2.75) is 6.42 Å². The van der Waals surface area contributed by atoms with Gasteiger partial charge in [-0.3, -0.25) is 9.20 Å². The smallest absolute Gasteiger partial charge is 0.229 e. The zero-order chi connectivity index (χ0) is 27.0. The molecule has 0 atom stereocenters. The van der Waals surface area contributed by atoms with Crippen molar-refractivity contribution in [2.75, 3.05) is 19.5 Å². The zero-order valence-corrected chi connectivity index (χ0v) is 21.8. The van der Waals surface area contributed by atoms with Crippen LogP contribution in [-0.2, 0) is 11.2 Å². The number of ether oxygens (including phenoxy) is 2. The summed E-state index contributed by atoms with van der Waals surface area (Å²) in [4.78, 5) is 25.5. The number of ketones is 1. The second-order valence-electron chi connectivity index (χ2n) is 8.21. The number of carbonyl (C=O) groups excluding carboxylic acids is 1. The van der Waals surface area contributed by atoms with E-state index in [-0.39, 0.29) is 18.2 Å². The molecular formula is C27H20Cl2FN5O3. The molecule has 8 nitrogen and oxygen atoms in total. The van der Waals surface area contributed by atoms with Gasteiger partial charge in [-0.2, -0.15) is 4.98 Å². The van der Waals surface area contributed by atoms with E-state index in [0.29, 0.717) is 60.6 Å². The molecule has 0 aliphatic rings. The molecule has 0 bridgehead atoms. The number of methoxy groups -OCH3 is 2. The molecular weight excluding hydrogens is 532 g/mol. The molecule has 11 heteroatoms. The third-order valence-corrected chi connectivity index (χ3v) is 6.71. The molecule has 0 fully saturated rings. The van der Waals surface area contributed by atoms with E-state index in [1.165, 1.54) is 38.5 Å². The number of fused-ring (bicyclic) bond motifs is 3. The van der Waals surface area contributed by atoms with Gasteiger partial charge in [-0.05, 0) is 29.8 Å². The molecule has 2 aromatic carbocycles. The van der Waals surface area contributed by atoms with E-state index in [1.54, 1.807) is 29.1 Å². The Balaban J connectivity index is 1.65. The lowest BCUT2D eigenvalue weighted by Crippen LogP contribution is -2.06. The van der Waals surface area contributed by atoms with Crippen molar-refractivity contribution in [1.82, 2.24) is 19.4 Å². The number of pyridine rings is 1. The first-order valence-electron chi connectivity index (χ1n) is 11.3. The molecule has 3 heterocycles. The van der Waals surface area contributed by atoms with Crippen LogP contribution in [0.15, 0.2) is 61.6 Å². The number of halogens is 3. The van der Waals surface area contributed by atoms with Gasteiger partial charge in [0, 0.05) is 53.3 Å². The summed E-state index contributed by atoms with van der Waals surface area (Å²) in [6, 6.07) is 7.55. The molecule has 0 saturated carbocycles. The number of carbonyl (C=O) groups is 1. The quantitative estimate of drug-likeness (QED) is 0.221. The van der Waals surface area contributed by atoms with Gasteiger partial charge in [0.25, 0.3) is 0 Å². The highest BCUT2D eigenvalue weighted by atomic mass is 35.5. The van der Waals surface area contributed by atoms with E-state index in [2.05, 4.69) is 26.8 Å². The molecule has 0 aliphatic carbocycles. The molecule has 0 radical (unpaired) electrons. The fourth-order valence-electron chi connectivity index (χ4n) is 4.14. The number of anilines is 2. The minimum atomic E-state index is -0.466. The molecule has 0 amide bonds. The fourth-order valence-corrected chi connectivity index (χ4v) is 4.84. The molecule has 3 aromatic heterocycles. The average Bonchev–Trinajstić information content (AvgIpc) is 3.41. The van der Waals surface area contributed by atoms with Crippen molar-refractivity contribution < 1.29 is 18.7 Å². The summed E-state index contributed by atoms with van der Waals surface area (Å²) in [5, 5.41) is 4.29. The Bertz CT molecular complexity index is 1710. The number of imidazole rings is 1. The van der Waals surface area contributed by atoms with Gasteiger partial charge in [-0.15, -0.1) is 0 Å². The normalized spacial score (nSPS) is 11.1. The van der Waals surface area contributed by atoms with E-state index < -0.39 is 5.82 Å². The van der Waals surface area contributed by atoms with Gasteiger partial charge in [0.15, 0.2) is 11.4 Å². The van der Waals surface area contributed by atoms with Crippen LogP contribution in [0.1, 0.15) is 5.56 Å². The monoisotopic (exact) mass is 551 g/mol. The van der Waals surface area contributed by atoms with E-state index in [1.807, 2.05) is 6.07 Å². The Morgan fingerprint density at radius 2 is 1.84 bits per heavy atom. The number of hydrogen-bond acceptors (Lipinski definition) is 7. The van der Waals surface area contributed by atoms with Crippen molar-refractivity contribution >= 4 is 57.3 Å². The minimum absolute atomic E-state index is 0.0559. The van der Waals surface area contributed by atoms with E-state index in [4.69, 9.17) is 32.7 Å². The van der Waals surface area contributed by atoms with Crippen LogP contribution >= 0.6 is 23.2 Å². The maximum absolute atomic E-state index is 14.0. The third-order valence-electron chi connectivity index (χ3n) is 5.96. The lowest BCUT2D eigenvalue weighted by molar-refractivity contribution is -0.114. The molecule has 0 unspecified atom stereocenters. The van der Waals surface area contributed by atoms with Crippen molar-refractivity contribution in [3.63, 3.8) is 0 Å². The van der Waals surface area contributed by atoms with Crippen LogP contribution in [0.25, 0.3) is 27.8 Å². The van der Waals surface area contributed by atoms with Gasteiger partial charge >= 0.3 is 0 Å². The second-order valence-corrected chi connectivity index (χ2v) is 8.97. The number of aromatic nitrogens is 4. The largest absolute Gasteiger partial charge is 0.495 e. The minimum Gasteiger partial charge on any atom is -0.495 e. The van der Waals surface area contributed by atoms with Crippen LogP contribution < -0.4 is 14.8 Å². The van der Waals surface area contributed by atoms with Crippen molar-refractivity contribution in [2.24, 2.45) is 0 Å². The Hall–Kier alpha value is -4.21. The number of rotatable bonds is 8. The molecule has 5 aromatic rings. The Morgan fingerprint density at radius 1 is 1.11 bits per heavy atom. The van der Waals surface area contributed by atoms with Crippen molar-refractivity contribution in [3.8, 4) is 22.6 Å². The predicted octanol–water partition coefficient (Wildman–Crippen LogP) is 6.45. The molecule has 192 valence electrons. The number of nitrogens with zero attached hydrogens (tertiary/aromatic N) is 4. The molecule has 0 saturated heterocycles. The molecule has 38 heavy (non-hydrogen) atoms. The average molecular weight is 552 g/mol. The topological polar surface area (TPSA) is 90.6 Å². The molecule has 0 aliphatic heterocycles. The van der Waals surface area contributed by atoms with E-state index in [0.717, 1.165) is 0 Å². The summed E-state index contributed by atoms with van der Waals surface area (Å²) in [5.74, 6) is 0.330. The Morgan fingerprint density at radius 3 is 2.53 bits per heavy atom. The van der Waals surface area contributed by atoms with Crippen molar-refractivity contribution in [1.29, 1.82) is 0 Å². The van der Waals surface area contributed by atoms with Gasteiger partial charge in [0.1, 0.15) is 23.0 Å². The van der Waals surface area contributed by atoms with Crippen LogP contribution in [0.3, 0.4) is 0 Å². The maximum Gasteiger partial charge on any atom is 0.229 e. The Labute approximate surface area is 226 Å². The summed E-state index contributed by atoms with van der Waals surface area (Å²) in [7, 11) is 3.01. The number of hydrogen-bond donors (Lipinski definition) is 1. The zero-order valence-electron chi connectivity index (χ0n) is 20.3. The van der Waals surface area contributed by atoms with Gasteiger partial charge in [0.2, 0.25) is 5.95 Å². The SMILES string of the molecule is C=CC(=O)Cc1ccc(F)cc1Nc1ncc2cc(-c3c(Cl)c(OC)cc(OC)c3Cl)c3nccn3c2n1. The summed E-state index contributed by atoms with van der Waals surface area (Å²) >= 11 is 13.4. The van der Waals surface area contributed by atoms with Crippen LogP contribution in [-0.4, -0.2) is 39.4 Å². The van der Waals surface area contributed by atoms with E-state index in [9.17, 15) is 9.18 Å². The standard InChI is InChI=1S/C27H20Cl2FN5O3/c1-4-17(36)9-14-5-6-16(30)11-19(14)33-27-32-13-15-10-18(26-31-7-8-35(26)25(15)34-27)22-23(28)20(37-2)12-21(38-3)24(22)29/h4-8,10-13H,1,9H2,2-3H3,(H,32,33,34). The first-order chi connectivity index (χ1) is 18.3. The second kappa shape index (κ2) is 10.3. The summed E-state index contributed by atoms with van der Waals surface area (Å²) in [6.45, 7) is 3.50. The number of nitrogens with one attached hydrogen (secondary N) is 1. The summed E-state index contributed by atoms with van der Waals surface area (Å²) < 4.78 is 26.6. The number of benzene rings is 2. The van der Waals surface area contributed by atoms with E-state index >= 15 is 0 Å². The Kier molecular flexibility index (Phi) is 6.88. The lowest BCUT2D eigenvalue weighted by Gasteiger charge is -2.16. The van der Waals surface area contributed by atoms with Gasteiger partial charge < -0.3 is 14.8 Å². The summed E-state index contributed by atoms with van der Waals surface area (Å²) in [5.41, 5.74) is 3.13. The van der Waals surface area contributed by atoms with Crippen molar-refractivity contribution in [3.05, 3.63) is 83.0 Å². The molecule has 1 N–H and O–H groups in total. The first-order valence-corrected chi connectivity index (χ1v) is 12.0. The van der Waals surface area contributed by atoms with Crippen LogP contribution in [0.4, 0.5) is 16.0 Å². The van der Waals surface area contributed by atoms with Crippen LogP contribution in [0.5, 0.6) is 11.5 Å². The van der Waals surface area contributed by atoms with Crippen LogP contribution in [0.2, 0.25) is 10.0 Å². The highest BCUT2D eigenvalue weighted by Gasteiger charge is 2.22. The third kappa shape index (κ3) is 4.51. The van der Waals surface area contributed by atoms with Crippen LogP contribution in [0, 0.1) is 5.82 Å².